The molecule has 3 N–H and O–H groups in total. The molecule has 1 saturated heterocycles. The normalized spacial score (nSPS) is 22.8. The molecule has 1 atom stereocenters. The van der Waals surface area contributed by atoms with E-state index in [4.69, 9.17) is 5.73 Å². The maximum atomic E-state index is 12.3. The van der Waals surface area contributed by atoms with Crippen LogP contribution in [0.2, 0.25) is 0 Å². The number of amides is 1. The van der Waals surface area contributed by atoms with Crippen LogP contribution in [0.4, 0.5) is 0 Å². The number of hydrogen-bond acceptors (Lipinski definition) is 4. The standard InChI is InChI=1S/C15H21N3O3S/c16-15(19)12-1-5-14(6-2-12)22(20,21)17-9-11-7-8-18(10-11)13-3-4-13/h1-2,5-6,11,13,17H,3-4,7-10H2,(H2,16,19)/t11-/m0/s1. The van der Waals surface area contributed by atoms with E-state index in [-0.39, 0.29) is 4.90 Å². The summed E-state index contributed by atoms with van der Waals surface area (Å²) in [6.45, 7) is 2.52. The predicted octanol–water partition coefficient (Wildman–Crippen LogP) is 0.548. The second-order valence-electron chi connectivity index (χ2n) is 6.12. The zero-order chi connectivity index (χ0) is 15.7. The molecule has 6 nitrogen and oxygen atoms in total. The van der Waals surface area contributed by atoms with E-state index in [0.717, 1.165) is 25.6 Å². The number of nitrogens with two attached hydrogens (primary N) is 1. The van der Waals surface area contributed by atoms with Gasteiger partial charge in [0.25, 0.3) is 0 Å². The summed E-state index contributed by atoms with van der Waals surface area (Å²) in [4.78, 5) is 13.6. The Bertz CT molecular complexity index is 653. The van der Waals surface area contributed by atoms with Gasteiger partial charge in [-0.1, -0.05) is 0 Å². The van der Waals surface area contributed by atoms with Crippen LogP contribution in [-0.4, -0.2) is 44.9 Å². The van der Waals surface area contributed by atoms with Gasteiger partial charge < -0.3 is 10.6 Å². The van der Waals surface area contributed by atoms with E-state index in [1.54, 1.807) is 0 Å². The lowest BCUT2D eigenvalue weighted by molar-refractivity contribution is 0.1000. The lowest BCUT2D eigenvalue weighted by Crippen LogP contribution is -2.31. The second-order valence-corrected chi connectivity index (χ2v) is 7.89. The molecule has 1 aliphatic heterocycles. The zero-order valence-electron chi connectivity index (χ0n) is 12.4. The molecular formula is C15H21N3O3S. The summed E-state index contributed by atoms with van der Waals surface area (Å²) in [5.74, 6) is -0.191. The molecule has 1 aliphatic carbocycles. The molecule has 0 bridgehead atoms. The van der Waals surface area contributed by atoms with Crippen molar-refractivity contribution in [2.75, 3.05) is 19.6 Å². The van der Waals surface area contributed by atoms with Crippen molar-refractivity contribution in [3.8, 4) is 0 Å². The number of primary amides is 1. The molecule has 7 heteroatoms. The van der Waals surface area contributed by atoms with Crippen molar-refractivity contribution in [3.63, 3.8) is 0 Å². The van der Waals surface area contributed by atoms with E-state index >= 15 is 0 Å². The van der Waals surface area contributed by atoms with E-state index in [1.165, 1.54) is 37.1 Å². The van der Waals surface area contributed by atoms with Crippen molar-refractivity contribution in [1.29, 1.82) is 0 Å². The summed E-state index contributed by atoms with van der Waals surface area (Å²) in [5.41, 5.74) is 5.45. The molecule has 2 aliphatic rings. The van der Waals surface area contributed by atoms with Crippen molar-refractivity contribution in [2.45, 2.75) is 30.2 Å². The first kappa shape index (κ1) is 15.5. The summed E-state index contributed by atoms with van der Waals surface area (Å²) >= 11 is 0. The summed E-state index contributed by atoms with van der Waals surface area (Å²) in [7, 11) is -3.53. The highest BCUT2D eigenvalue weighted by atomic mass is 32.2. The summed E-state index contributed by atoms with van der Waals surface area (Å²) in [6.07, 6.45) is 3.61. The Morgan fingerprint density at radius 2 is 1.91 bits per heavy atom. The molecule has 22 heavy (non-hydrogen) atoms. The van der Waals surface area contributed by atoms with Gasteiger partial charge >= 0.3 is 0 Å². The fourth-order valence-electron chi connectivity index (χ4n) is 2.91. The Kier molecular flexibility index (Phi) is 4.20. The highest BCUT2D eigenvalue weighted by Gasteiger charge is 2.34. The van der Waals surface area contributed by atoms with Crippen molar-refractivity contribution in [1.82, 2.24) is 9.62 Å². The fourth-order valence-corrected chi connectivity index (χ4v) is 4.03. The minimum absolute atomic E-state index is 0.162. The molecule has 0 spiro atoms. The largest absolute Gasteiger partial charge is 0.366 e. The van der Waals surface area contributed by atoms with Crippen LogP contribution in [0.5, 0.6) is 0 Å². The van der Waals surface area contributed by atoms with E-state index in [1.807, 2.05) is 0 Å². The molecule has 1 heterocycles. The molecule has 1 aromatic rings. The van der Waals surface area contributed by atoms with E-state index in [0.29, 0.717) is 18.0 Å². The highest BCUT2D eigenvalue weighted by molar-refractivity contribution is 7.89. The van der Waals surface area contributed by atoms with Crippen LogP contribution < -0.4 is 10.5 Å². The molecule has 0 aromatic heterocycles. The average Bonchev–Trinajstić information content (AvgIpc) is 3.24. The quantitative estimate of drug-likeness (QED) is 0.799. The Balaban J connectivity index is 1.57. The van der Waals surface area contributed by atoms with Crippen molar-refractivity contribution >= 4 is 15.9 Å². The fraction of sp³-hybridized carbons (Fsp3) is 0.533. The van der Waals surface area contributed by atoms with Crippen molar-refractivity contribution in [2.24, 2.45) is 11.7 Å². The Hall–Kier alpha value is -1.44. The number of benzene rings is 1. The summed E-state index contributed by atoms with van der Waals surface area (Å²) in [6, 6.07) is 6.42. The molecule has 3 rings (SSSR count). The number of nitrogens with zero attached hydrogens (tertiary/aromatic N) is 1. The Morgan fingerprint density at radius 3 is 2.50 bits per heavy atom. The van der Waals surface area contributed by atoms with E-state index in [9.17, 15) is 13.2 Å². The number of nitrogens with one attached hydrogen (secondary N) is 1. The van der Waals surface area contributed by atoms with Crippen molar-refractivity contribution in [3.05, 3.63) is 29.8 Å². The minimum atomic E-state index is -3.53. The summed E-state index contributed by atoms with van der Waals surface area (Å²) in [5, 5.41) is 0. The maximum absolute atomic E-state index is 12.3. The predicted molar refractivity (Wildman–Crippen MR) is 82.9 cm³/mol. The van der Waals surface area contributed by atoms with Gasteiger partial charge in [-0.25, -0.2) is 13.1 Å². The van der Waals surface area contributed by atoms with Gasteiger partial charge in [-0.2, -0.15) is 0 Å². The Morgan fingerprint density at radius 1 is 1.23 bits per heavy atom. The number of likely N-dealkylation sites (tertiary alicyclic amines) is 1. The smallest absolute Gasteiger partial charge is 0.248 e. The second kappa shape index (κ2) is 5.98. The first-order valence-electron chi connectivity index (χ1n) is 7.59. The van der Waals surface area contributed by atoms with Crippen molar-refractivity contribution < 1.29 is 13.2 Å². The monoisotopic (exact) mass is 323 g/mol. The molecular weight excluding hydrogens is 302 g/mol. The molecule has 0 unspecified atom stereocenters. The molecule has 1 aromatic carbocycles. The van der Waals surface area contributed by atoms with Crippen LogP contribution in [0, 0.1) is 5.92 Å². The number of sulfonamides is 1. The van der Waals surface area contributed by atoms with E-state index < -0.39 is 15.9 Å². The van der Waals surface area contributed by atoms with Gasteiger partial charge in [0.2, 0.25) is 15.9 Å². The first-order chi connectivity index (χ1) is 10.5. The third-order valence-corrected chi connectivity index (χ3v) is 5.83. The maximum Gasteiger partial charge on any atom is 0.248 e. The minimum Gasteiger partial charge on any atom is -0.366 e. The van der Waals surface area contributed by atoms with Gasteiger partial charge in [0.1, 0.15) is 0 Å². The highest BCUT2D eigenvalue weighted by Crippen LogP contribution is 2.31. The molecule has 1 saturated carbocycles. The molecule has 120 valence electrons. The molecule has 2 fully saturated rings. The van der Waals surface area contributed by atoms with Gasteiger partial charge in [0.05, 0.1) is 4.90 Å². The zero-order valence-corrected chi connectivity index (χ0v) is 13.2. The summed E-state index contributed by atoms with van der Waals surface area (Å²) < 4.78 is 27.2. The van der Waals surface area contributed by atoms with Crippen LogP contribution in [-0.2, 0) is 10.0 Å². The van der Waals surface area contributed by atoms with Gasteiger partial charge in [0.15, 0.2) is 0 Å². The van der Waals surface area contributed by atoms with Gasteiger partial charge in [-0.05, 0) is 56.0 Å². The number of rotatable bonds is 6. The molecule has 1 amide bonds. The lowest BCUT2D eigenvalue weighted by Gasteiger charge is -2.15. The van der Waals surface area contributed by atoms with Crippen LogP contribution in [0.15, 0.2) is 29.2 Å². The van der Waals surface area contributed by atoms with Crippen LogP contribution in [0.25, 0.3) is 0 Å². The van der Waals surface area contributed by atoms with Gasteiger partial charge in [-0.15, -0.1) is 0 Å². The average molecular weight is 323 g/mol. The topological polar surface area (TPSA) is 92.5 Å². The third kappa shape index (κ3) is 3.48. The number of carbonyl (C=O) groups is 1. The lowest BCUT2D eigenvalue weighted by atomic mass is 10.1. The Labute approximate surface area is 130 Å². The van der Waals surface area contributed by atoms with Crippen LogP contribution in [0.1, 0.15) is 29.6 Å². The number of hydrogen-bond donors (Lipinski definition) is 2. The van der Waals surface area contributed by atoms with E-state index in [2.05, 4.69) is 9.62 Å². The third-order valence-electron chi connectivity index (χ3n) is 4.39. The van der Waals surface area contributed by atoms with Crippen LogP contribution in [0.3, 0.4) is 0 Å². The van der Waals surface area contributed by atoms with Crippen LogP contribution >= 0.6 is 0 Å². The molecule has 0 radical (unpaired) electrons. The first-order valence-corrected chi connectivity index (χ1v) is 9.07. The SMILES string of the molecule is NC(=O)c1ccc(S(=O)(=O)NC[C@@H]2CCN(C3CC3)C2)cc1. The van der Waals surface area contributed by atoms with Gasteiger partial charge in [-0.3, -0.25) is 4.79 Å². The number of carbonyl (C=O) groups excluding carboxylic acids is 1. The van der Waals surface area contributed by atoms with Gasteiger partial charge in [0, 0.05) is 24.7 Å².